The Balaban J connectivity index is 0. The van der Waals surface area contributed by atoms with E-state index in [0.29, 0.717) is 0 Å². The third-order valence-electron chi connectivity index (χ3n) is 2.26. The summed E-state index contributed by atoms with van der Waals surface area (Å²) in [4.78, 5) is 0. The van der Waals surface area contributed by atoms with Gasteiger partial charge in [0.05, 0.1) is 0 Å². The number of nitrogens with zero attached hydrogens (tertiary/aromatic N) is 3. The molecule has 2 heterocycles. The van der Waals surface area contributed by atoms with Crippen molar-refractivity contribution in [2.24, 2.45) is 0 Å². The third-order valence-corrected chi connectivity index (χ3v) is 2.26. The summed E-state index contributed by atoms with van der Waals surface area (Å²) in [6, 6.07) is 0. The van der Waals surface area contributed by atoms with Crippen molar-refractivity contribution in [3.05, 3.63) is 10.6 Å². The Kier molecular flexibility index (Phi) is 19.9. The van der Waals surface area contributed by atoms with E-state index in [2.05, 4.69) is 10.6 Å². The standard InChI is InChI=1S/2C5H10N.CHNO.Ag/c2*1-2-4-6-5-3-1;2-1-3;/h2*1-5H2;3H;/q2*-1;;. The first kappa shape index (κ1) is 18.3. The Labute approximate surface area is 114 Å². The molecule has 2 saturated heterocycles. The average molecular weight is 319 g/mol. The third kappa shape index (κ3) is 16.4. The van der Waals surface area contributed by atoms with Crippen LogP contribution in [0.2, 0.25) is 0 Å². The molecule has 0 spiro atoms. The summed E-state index contributed by atoms with van der Waals surface area (Å²) < 4.78 is 0. The molecule has 0 saturated carbocycles. The molecule has 4 nitrogen and oxygen atoms in total. The molecule has 0 amide bonds. The van der Waals surface area contributed by atoms with Crippen LogP contribution in [0.1, 0.15) is 38.5 Å². The summed E-state index contributed by atoms with van der Waals surface area (Å²) in [5.74, 6) is 0. The second-order valence-corrected chi connectivity index (χ2v) is 3.56. The minimum absolute atomic E-state index is 0. The number of rotatable bonds is 0. The zero-order chi connectivity index (χ0) is 11.2. The molecule has 1 N–H and O–H groups in total. The van der Waals surface area contributed by atoms with Crippen molar-refractivity contribution in [1.82, 2.24) is 0 Å². The van der Waals surface area contributed by atoms with Gasteiger partial charge in [-0.2, -0.15) is 5.26 Å². The van der Waals surface area contributed by atoms with Crippen LogP contribution in [-0.2, 0) is 22.4 Å². The van der Waals surface area contributed by atoms with Crippen molar-refractivity contribution in [2.45, 2.75) is 38.5 Å². The predicted octanol–water partition coefficient (Wildman–Crippen LogP) is 2.93. The van der Waals surface area contributed by atoms with E-state index in [1.807, 2.05) is 0 Å². The predicted molar refractivity (Wildman–Crippen MR) is 61.4 cm³/mol. The molecule has 2 aliphatic rings. The van der Waals surface area contributed by atoms with Crippen LogP contribution in [0, 0.1) is 11.5 Å². The maximum absolute atomic E-state index is 6.88. The van der Waals surface area contributed by atoms with Crippen LogP contribution in [0.5, 0.6) is 0 Å². The van der Waals surface area contributed by atoms with E-state index >= 15 is 0 Å². The Morgan fingerprint density at radius 3 is 1.06 bits per heavy atom. The Morgan fingerprint density at radius 2 is 1.00 bits per heavy atom. The van der Waals surface area contributed by atoms with E-state index in [4.69, 9.17) is 10.4 Å². The van der Waals surface area contributed by atoms with Crippen molar-refractivity contribution < 1.29 is 27.5 Å². The molecule has 0 aromatic rings. The van der Waals surface area contributed by atoms with E-state index in [1.54, 1.807) is 0 Å². The summed E-state index contributed by atoms with van der Waals surface area (Å²) in [6.45, 7) is 4.50. The molecule has 5 heteroatoms. The van der Waals surface area contributed by atoms with E-state index in [9.17, 15) is 0 Å². The molecule has 16 heavy (non-hydrogen) atoms. The van der Waals surface area contributed by atoms with Crippen LogP contribution in [0.4, 0.5) is 0 Å². The van der Waals surface area contributed by atoms with Crippen LogP contribution in [0.15, 0.2) is 0 Å². The Morgan fingerprint density at radius 1 is 0.750 bits per heavy atom. The first-order valence-electron chi connectivity index (χ1n) is 5.71. The van der Waals surface area contributed by atoms with E-state index in [1.165, 1.54) is 38.5 Å². The summed E-state index contributed by atoms with van der Waals surface area (Å²) in [6.07, 6.45) is 8.90. The molecule has 0 aromatic carbocycles. The van der Waals surface area contributed by atoms with Gasteiger partial charge in [-0.3, -0.25) is 0 Å². The van der Waals surface area contributed by atoms with Gasteiger partial charge in [-0.05, 0) is 0 Å². The van der Waals surface area contributed by atoms with E-state index < -0.39 is 0 Å². The van der Waals surface area contributed by atoms with Crippen molar-refractivity contribution in [3.8, 4) is 6.26 Å². The molecule has 0 atom stereocenters. The fraction of sp³-hybridized carbons (Fsp3) is 0.909. The summed E-state index contributed by atoms with van der Waals surface area (Å²) >= 11 is 0. The van der Waals surface area contributed by atoms with Gasteiger partial charge in [-0.25, -0.2) is 0 Å². The van der Waals surface area contributed by atoms with Gasteiger partial charge < -0.3 is 15.7 Å². The van der Waals surface area contributed by atoms with E-state index in [-0.39, 0.29) is 22.4 Å². The first-order valence-corrected chi connectivity index (χ1v) is 5.71. The van der Waals surface area contributed by atoms with Gasteiger partial charge in [-0.1, -0.05) is 38.5 Å². The Bertz CT molecular complexity index is 119. The van der Waals surface area contributed by atoms with Crippen LogP contribution < -0.4 is 0 Å². The molecule has 0 aliphatic carbocycles. The smallest absolute Gasteiger partial charge is 0.283 e. The number of aliphatic hydroxyl groups is 1. The summed E-state index contributed by atoms with van der Waals surface area (Å²) in [7, 11) is 0. The number of piperidine rings is 2. The summed E-state index contributed by atoms with van der Waals surface area (Å²) in [5.41, 5.74) is 0. The minimum Gasteiger partial charge on any atom is -0.662 e. The molecule has 0 aromatic heterocycles. The normalized spacial score (nSPS) is 18.4. The van der Waals surface area contributed by atoms with Gasteiger partial charge in [0.25, 0.3) is 6.26 Å². The zero-order valence-corrected chi connectivity index (χ0v) is 11.1. The number of aliphatic hydroxyl groups excluding tert-OH is 1. The molecule has 2 rings (SSSR count). The molecule has 1 radical (unpaired) electrons. The average Bonchev–Trinajstić information content (AvgIpc) is 2.35. The van der Waals surface area contributed by atoms with Crippen LogP contribution in [-0.4, -0.2) is 31.3 Å². The molecule has 2 aliphatic heterocycles. The molecule has 0 unspecified atom stereocenters. The van der Waals surface area contributed by atoms with Crippen LogP contribution in [0.25, 0.3) is 10.6 Å². The van der Waals surface area contributed by atoms with Gasteiger partial charge in [0.15, 0.2) is 0 Å². The van der Waals surface area contributed by atoms with Crippen molar-refractivity contribution in [2.75, 3.05) is 26.2 Å². The van der Waals surface area contributed by atoms with Gasteiger partial charge >= 0.3 is 0 Å². The molecular formula is C11H21AgN3O-2. The monoisotopic (exact) mass is 318 g/mol. The topological polar surface area (TPSA) is 72.2 Å². The first-order chi connectivity index (χ1) is 7.41. The molecule has 0 bridgehead atoms. The van der Waals surface area contributed by atoms with Crippen molar-refractivity contribution >= 4 is 0 Å². The molecular weight excluding hydrogens is 298 g/mol. The number of hydrogen-bond acceptors (Lipinski definition) is 2. The second kappa shape index (κ2) is 17.3. The van der Waals surface area contributed by atoms with E-state index in [0.717, 1.165) is 32.4 Å². The largest absolute Gasteiger partial charge is 0.662 e. The fourth-order valence-electron chi connectivity index (χ4n) is 1.47. The molecule has 99 valence electrons. The maximum atomic E-state index is 6.88. The van der Waals surface area contributed by atoms with Gasteiger partial charge in [0.1, 0.15) is 0 Å². The quantitative estimate of drug-likeness (QED) is 0.551. The Hall–Kier alpha value is -0.0497. The van der Waals surface area contributed by atoms with Gasteiger partial charge in [0.2, 0.25) is 0 Å². The fourth-order valence-corrected chi connectivity index (χ4v) is 1.47. The SMILES string of the molecule is C1CC[N-]CC1.C1CC[N-]CC1.N#CO.[Ag]. The second-order valence-electron chi connectivity index (χ2n) is 3.56. The minimum atomic E-state index is 0. The van der Waals surface area contributed by atoms with Crippen molar-refractivity contribution in [1.29, 1.82) is 5.26 Å². The summed E-state index contributed by atoms with van der Waals surface area (Å²) in [5, 5.41) is 22.1. The van der Waals surface area contributed by atoms with Crippen LogP contribution >= 0.6 is 0 Å². The molecule has 2 fully saturated rings. The van der Waals surface area contributed by atoms with Crippen LogP contribution in [0.3, 0.4) is 0 Å². The number of nitriles is 1. The van der Waals surface area contributed by atoms with Gasteiger partial charge in [-0.15, -0.1) is 26.2 Å². The van der Waals surface area contributed by atoms with Crippen molar-refractivity contribution in [3.63, 3.8) is 0 Å². The number of hydrogen-bond donors (Lipinski definition) is 1. The van der Waals surface area contributed by atoms with Gasteiger partial charge in [0, 0.05) is 22.4 Å². The maximum Gasteiger partial charge on any atom is 0.283 e. The zero-order valence-electron chi connectivity index (χ0n) is 9.66.